The van der Waals surface area contributed by atoms with E-state index in [2.05, 4.69) is 50.7 Å². The lowest BCUT2D eigenvalue weighted by atomic mass is 10.0. The van der Waals surface area contributed by atoms with Crippen molar-refractivity contribution >= 4 is 5.95 Å². The molecule has 1 N–H and O–H groups in total. The van der Waals surface area contributed by atoms with E-state index in [4.69, 9.17) is 14.5 Å². The fraction of sp³-hybridized carbons (Fsp3) is 0.375. The number of piperidine rings is 1. The van der Waals surface area contributed by atoms with Gasteiger partial charge in [0, 0.05) is 18.2 Å². The largest absolute Gasteiger partial charge is 0.497 e. The van der Waals surface area contributed by atoms with Gasteiger partial charge in [-0.3, -0.25) is 4.90 Å². The van der Waals surface area contributed by atoms with Crippen molar-refractivity contribution in [2.75, 3.05) is 39.2 Å². The molecule has 1 aliphatic heterocycles. The number of methoxy groups -OCH3 is 2. The van der Waals surface area contributed by atoms with Gasteiger partial charge < -0.3 is 14.8 Å². The Labute approximate surface area is 183 Å². The van der Waals surface area contributed by atoms with Crippen LogP contribution in [0.15, 0.2) is 54.7 Å². The number of ether oxygens (including phenoxy) is 2. The molecule has 3 aromatic rings. The minimum absolute atomic E-state index is 0.268. The SMILES string of the molecule is COc1ccc(-c2cnnc(NCC(c3ccccc3)N3CCCCC3)n2)c(OC)c1. The number of likely N-dealkylation sites (tertiary alicyclic amines) is 1. The monoisotopic (exact) mass is 419 g/mol. The van der Waals surface area contributed by atoms with E-state index in [-0.39, 0.29) is 6.04 Å². The normalized spacial score (nSPS) is 15.3. The minimum atomic E-state index is 0.268. The quantitative estimate of drug-likeness (QED) is 0.587. The van der Waals surface area contributed by atoms with E-state index in [9.17, 15) is 0 Å². The van der Waals surface area contributed by atoms with Crippen molar-refractivity contribution in [2.45, 2.75) is 25.3 Å². The second-order valence-corrected chi connectivity index (χ2v) is 7.64. The van der Waals surface area contributed by atoms with Crippen LogP contribution >= 0.6 is 0 Å². The third-order valence-corrected chi connectivity index (χ3v) is 5.71. The van der Waals surface area contributed by atoms with E-state index in [0.29, 0.717) is 17.4 Å². The average Bonchev–Trinajstić information content (AvgIpc) is 2.85. The first-order valence-electron chi connectivity index (χ1n) is 10.7. The highest BCUT2D eigenvalue weighted by Gasteiger charge is 2.22. The Kier molecular flexibility index (Phi) is 6.94. The molecule has 7 nitrogen and oxygen atoms in total. The molecule has 2 aromatic carbocycles. The molecule has 0 bridgehead atoms. The number of hydrogen-bond donors (Lipinski definition) is 1. The zero-order valence-corrected chi connectivity index (χ0v) is 18.1. The van der Waals surface area contributed by atoms with Gasteiger partial charge in [-0.1, -0.05) is 36.8 Å². The molecule has 0 radical (unpaired) electrons. The molecule has 0 amide bonds. The first-order valence-corrected chi connectivity index (χ1v) is 10.7. The number of hydrogen-bond acceptors (Lipinski definition) is 7. The summed E-state index contributed by atoms with van der Waals surface area (Å²) in [5.74, 6) is 1.92. The number of nitrogens with one attached hydrogen (secondary N) is 1. The molecule has 1 aliphatic rings. The molecule has 7 heteroatoms. The van der Waals surface area contributed by atoms with E-state index in [1.54, 1.807) is 20.4 Å². The van der Waals surface area contributed by atoms with Crippen molar-refractivity contribution in [1.29, 1.82) is 0 Å². The van der Waals surface area contributed by atoms with Crippen LogP contribution in [0.1, 0.15) is 30.9 Å². The summed E-state index contributed by atoms with van der Waals surface area (Å²) in [5.41, 5.74) is 2.85. The number of rotatable bonds is 8. The first kappa shape index (κ1) is 21.1. The van der Waals surface area contributed by atoms with Gasteiger partial charge in [-0.25, -0.2) is 4.98 Å². The summed E-state index contributed by atoms with van der Waals surface area (Å²) in [5, 5.41) is 11.8. The maximum absolute atomic E-state index is 5.52. The third kappa shape index (κ3) is 5.11. The molecule has 0 saturated carbocycles. The van der Waals surface area contributed by atoms with Crippen molar-refractivity contribution in [3.63, 3.8) is 0 Å². The van der Waals surface area contributed by atoms with Gasteiger partial charge in [-0.2, -0.15) is 5.10 Å². The van der Waals surface area contributed by atoms with Crippen molar-refractivity contribution < 1.29 is 9.47 Å². The van der Waals surface area contributed by atoms with Crippen LogP contribution in [0.2, 0.25) is 0 Å². The van der Waals surface area contributed by atoms with Gasteiger partial charge in [0.05, 0.1) is 32.2 Å². The highest BCUT2D eigenvalue weighted by atomic mass is 16.5. The summed E-state index contributed by atoms with van der Waals surface area (Å²) in [4.78, 5) is 7.25. The second-order valence-electron chi connectivity index (χ2n) is 7.64. The van der Waals surface area contributed by atoms with Crippen molar-refractivity contribution in [3.05, 3.63) is 60.3 Å². The molecule has 1 aromatic heterocycles. The lowest BCUT2D eigenvalue weighted by molar-refractivity contribution is 0.170. The summed E-state index contributed by atoms with van der Waals surface area (Å²) in [7, 11) is 3.27. The van der Waals surface area contributed by atoms with Crippen LogP contribution in [0.25, 0.3) is 11.3 Å². The Morgan fingerprint density at radius 2 is 1.81 bits per heavy atom. The van der Waals surface area contributed by atoms with Gasteiger partial charge in [-0.05, 0) is 43.6 Å². The van der Waals surface area contributed by atoms with Gasteiger partial charge in [0.1, 0.15) is 11.5 Å². The standard InChI is InChI=1S/C24H29N5O2/c1-30-19-11-12-20(23(15-19)31-2)21-16-26-28-24(27-21)25-17-22(18-9-5-3-6-10-18)29-13-7-4-8-14-29/h3,5-6,9-12,15-16,22H,4,7-8,13-14,17H2,1-2H3,(H,25,27,28). The fourth-order valence-electron chi connectivity index (χ4n) is 4.07. The van der Waals surface area contributed by atoms with E-state index in [1.165, 1.54) is 24.8 Å². The molecular weight excluding hydrogens is 390 g/mol. The molecule has 2 heterocycles. The Morgan fingerprint density at radius 3 is 2.55 bits per heavy atom. The summed E-state index contributed by atoms with van der Waals surface area (Å²) < 4.78 is 10.8. The van der Waals surface area contributed by atoms with Crippen molar-refractivity contribution in [1.82, 2.24) is 20.1 Å². The summed E-state index contributed by atoms with van der Waals surface area (Å²) >= 11 is 0. The highest BCUT2D eigenvalue weighted by Crippen LogP contribution is 2.32. The van der Waals surface area contributed by atoms with Gasteiger partial charge in [0.15, 0.2) is 0 Å². The van der Waals surface area contributed by atoms with Crippen LogP contribution in [0, 0.1) is 0 Å². The maximum Gasteiger partial charge on any atom is 0.243 e. The summed E-state index contributed by atoms with van der Waals surface area (Å²) in [6.45, 7) is 2.95. The lowest BCUT2D eigenvalue weighted by Gasteiger charge is -2.35. The number of aromatic nitrogens is 3. The van der Waals surface area contributed by atoms with Crippen LogP contribution < -0.4 is 14.8 Å². The van der Waals surface area contributed by atoms with Gasteiger partial charge in [0.2, 0.25) is 5.95 Å². The molecule has 1 saturated heterocycles. The summed E-state index contributed by atoms with van der Waals surface area (Å²) in [6.07, 6.45) is 5.45. The van der Waals surface area contributed by atoms with Crippen LogP contribution in [0.4, 0.5) is 5.95 Å². The predicted octanol–water partition coefficient (Wildman–Crippen LogP) is 4.19. The zero-order chi connectivity index (χ0) is 21.5. The highest BCUT2D eigenvalue weighted by molar-refractivity contribution is 5.68. The molecule has 4 rings (SSSR count). The maximum atomic E-state index is 5.52. The average molecular weight is 420 g/mol. The molecule has 0 spiro atoms. The van der Waals surface area contributed by atoms with Crippen LogP contribution in [-0.4, -0.2) is 53.9 Å². The Bertz CT molecular complexity index is 977. The van der Waals surface area contributed by atoms with E-state index in [1.807, 2.05) is 18.2 Å². The number of anilines is 1. The van der Waals surface area contributed by atoms with Crippen molar-refractivity contribution in [2.24, 2.45) is 0 Å². The molecular formula is C24H29N5O2. The Hall–Kier alpha value is -3.19. The van der Waals surface area contributed by atoms with Crippen LogP contribution in [-0.2, 0) is 0 Å². The third-order valence-electron chi connectivity index (χ3n) is 5.71. The van der Waals surface area contributed by atoms with Crippen LogP contribution in [0.5, 0.6) is 11.5 Å². The van der Waals surface area contributed by atoms with E-state index in [0.717, 1.165) is 30.9 Å². The molecule has 1 unspecified atom stereocenters. The molecule has 1 atom stereocenters. The van der Waals surface area contributed by atoms with Gasteiger partial charge >= 0.3 is 0 Å². The number of nitrogens with zero attached hydrogens (tertiary/aromatic N) is 4. The van der Waals surface area contributed by atoms with Crippen molar-refractivity contribution in [3.8, 4) is 22.8 Å². The van der Waals surface area contributed by atoms with E-state index >= 15 is 0 Å². The Morgan fingerprint density at radius 1 is 1.00 bits per heavy atom. The number of benzene rings is 2. The van der Waals surface area contributed by atoms with Crippen LogP contribution in [0.3, 0.4) is 0 Å². The van der Waals surface area contributed by atoms with E-state index < -0.39 is 0 Å². The molecule has 31 heavy (non-hydrogen) atoms. The zero-order valence-electron chi connectivity index (χ0n) is 18.1. The smallest absolute Gasteiger partial charge is 0.243 e. The fourth-order valence-corrected chi connectivity index (χ4v) is 4.07. The Balaban J connectivity index is 1.54. The predicted molar refractivity (Wildman–Crippen MR) is 121 cm³/mol. The first-order chi connectivity index (χ1) is 15.3. The molecule has 1 fully saturated rings. The second kappa shape index (κ2) is 10.2. The molecule has 0 aliphatic carbocycles. The van der Waals surface area contributed by atoms with Gasteiger partial charge in [0.25, 0.3) is 0 Å². The summed E-state index contributed by atoms with van der Waals surface area (Å²) in [6, 6.07) is 16.6. The van der Waals surface area contributed by atoms with Gasteiger partial charge in [-0.15, -0.1) is 5.10 Å². The minimum Gasteiger partial charge on any atom is -0.497 e. The lowest BCUT2D eigenvalue weighted by Crippen LogP contribution is -2.37. The molecule has 162 valence electrons. The topological polar surface area (TPSA) is 72.4 Å².